The van der Waals surface area contributed by atoms with Crippen LogP contribution < -0.4 is 37.2 Å². The van der Waals surface area contributed by atoms with Crippen molar-refractivity contribution >= 4 is 76.8 Å². The molecule has 0 saturated heterocycles. The molecule has 430 valence electrons. The van der Waals surface area contributed by atoms with Crippen LogP contribution in [0.1, 0.15) is 116 Å². The molecule has 0 bridgehead atoms. The van der Waals surface area contributed by atoms with Crippen molar-refractivity contribution in [1.29, 1.82) is 0 Å². The highest BCUT2D eigenvalue weighted by Gasteiger charge is 2.39. The van der Waals surface area contributed by atoms with E-state index in [1.165, 1.54) is 11.8 Å². The quantitative estimate of drug-likeness (QED) is 0.0327. The summed E-state index contributed by atoms with van der Waals surface area (Å²) < 4.78 is 5.41. The summed E-state index contributed by atoms with van der Waals surface area (Å²) >= 11 is 1.32. The molecule has 0 aliphatic carbocycles. The summed E-state index contributed by atoms with van der Waals surface area (Å²) in [5, 5.41) is 36.7. The highest BCUT2D eigenvalue weighted by atomic mass is 32.2. The van der Waals surface area contributed by atoms with Crippen LogP contribution in [0.4, 0.5) is 0 Å². The van der Waals surface area contributed by atoms with Gasteiger partial charge in [0, 0.05) is 37.3 Å². The van der Waals surface area contributed by atoms with Gasteiger partial charge >= 0.3 is 17.9 Å². The third-order valence-electron chi connectivity index (χ3n) is 11.9. The molecule has 22 heteroatoms. The number of benzene rings is 3. The molecule has 3 aromatic rings. The minimum Gasteiger partial charge on any atom is -0.481 e. The lowest BCUT2D eigenvalue weighted by Gasteiger charge is -2.34. The lowest BCUT2D eigenvalue weighted by Crippen LogP contribution is -2.62. The Morgan fingerprint density at radius 1 is 0.570 bits per heavy atom. The van der Waals surface area contributed by atoms with Crippen LogP contribution in [0.15, 0.2) is 84.9 Å². The van der Waals surface area contributed by atoms with E-state index in [9.17, 15) is 57.8 Å². The van der Waals surface area contributed by atoms with Gasteiger partial charge in [-0.2, -0.15) is 11.8 Å². The summed E-state index contributed by atoms with van der Waals surface area (Å²) in [6.07, 6.45) is -3.20. The van der Waals surface area contributed by atoms with Crippen LogP contribution in [-0.4, -0.2) is 123 Å². The second kappa shape index (κ2) is 31.7. The molecule has 79 heavy (non-hydrogen) atoms. The number of aryl methyl sites for hydroxylation is 1. The molecule has 0 heterocycles. The predicted molar refractivity (Wildman–Crippen MR) is 295 cm³/mol. The number of amides is 7. The third kappa shape index (κ3) is 24.7. The van der Waals surface area contributed by atoms with E-state index in [-0.39, 0.29) is 31.1 Å². The first kappa shape index (κ1) is 65.7. The van der Waals surface area contributed by atoms with Gasteiger partial charge in [0.2, 0.25) is 41.2 Å². The number of Topliss-reactive ketones (excluding diaryl/α,β-unsaturated/α-hetero) is 1. The van der Waals surface area contributed by atoms with E-state index < -0.39 is 144 Å². The monoisotopic (exact) mass is 1120 g/mol. The first-order valence-electron chi connectivity index (χ1n) is 26.0. The normalized spacial score (nSPS) is 13.6. The maximum Gasteiger partial charge on any atom is 0.306 e. The van der Waals surface area contributed by atoms with Crippen LogP contribution in [0.3, 0.4) is 0 Å². The van der Waals surface area contributed by atoms with Gasteiger partial charge in [-0.25, -0.2) is 0 Å². The number of hydrogen-bond donors (Lipinski definition) is 9. The molecule has 21 nitrogen and oxygen atoms in total. The number of aliphatic carboxylic acids is 2. The third-order valence-corrected chi connectivity index (χ3v) is 13.0. The number of carboxylic acids is 2. The molecule has 6 atom stereocenters. The molecule has 0 saturated carbocycles. The molecule has 0 spiro atoms. The minimum atomic E-state index is -1.80. The molecule has 0 fully saturated rings. The molecule has 0 radical (unpaired) electrons. The van der Waals surface area contributed by atoms with Gasteiger partial charge in [0.05, 0.1) is 12.8 Å². The zero-order chi connectivity index (χ0) is 59.0. The van der Waals surface area contributed by atoms with Crippen molar-refractivity contribution in [2.45, 2.75) is 161 Å². The number of thioether (sulfide) groups is 1. The smallest absolute Gasteiger partial charge is 0.306 e. The van der Waals surface area contributed by atoms with Gasteiger partial charge in [-0.3, -0.25) is 52.7 Å². The average Bonchev–Trinajstić information content (AvgIpc) is 3.38. The summed E-state index contributed by atoms with van der Waals surface area (Å²) in [6.45, 7) is 15.3. The van der Waals surface area contributed by atoms with E-state index in [4.69, 9.17) is 9.84 Å². The number of rotatable bonds is 31. The maximum absolute atomic E-state index is 14.7. The predicted octanol–water partition coefficient (Wildman–Crippen LogP) is 3.82. The van der Waals surface area contributed by atoms with Gasteiger partial charge in [-0.1, -0.05) is 120 Å². The maximum atomic E-state index is 14.7. The van der Waals surface area contributed by atoms with Crippen molar-refractivity contribution in [1.82, 2.24) is 37.2 Å². The first-order valence-corrected chi connectivity index (χ1v) is 27.2. The van der Waals surface area contributed by atoms with E-state index >= 15 is 0 Å². The molecule has 9 N–H and O–H groups in total. The van der Waals surface area contributed by atoms with Crippen molar-refractivity contribution in [2.75, 3.05) is 5.75 Å². The summed E-state index contributed by atoms with van der Waals surface area (Å²) in [5.41, 5.74) is 0.992. The topological polar surface area (TPSA) is 322 Å². The Morgan fingerprint density at radius 2 is 1.10 bits per heavy atom. The lowest BCUT2D eigenvalue weighted by atomic mass is 9.85. The largest absolute Gasteiger partial charge is 0.481 e. The van der Waals surface area contributed by atoms with Gasteiger partial charge in [0.25, 0.3) is 5.91 Å². The SMILES string of the molecule is Cc1ccccc1C[C@H](NC(=O)[C@H](CCC(=O)OC(C)(C)C)NC(=O)[C@H](CC(=O)O)NC(=O)CCC(=O)O)C(=O)N[C@H](C(=O)N[C@@H](CC(C)C)C(=O)NC(CSCc1ccccc1)C(=O)C(=O)NCc1ccccc1)C(C)(C)C. The van der Waals surface area contributed by atoms with Gasteiger partial charge in [-0.05, 0) is 74.1 Å². The van der Waals surface area contributed by atoms with Crippen LogP contribution in [0.2, 0.25) is 0 Å². The fraction of sp³-hybridized carbons (Fsp3) is 0.491. The average molecular weight is 1120 g/mol. The molecule has 0 aliphatic rings. The van der Waals surface area contributed by atoms with E-state index in [1.807, 2.05) is 50.2 Å². The second-order valence-electron chi connectivity index (χ2n) is 21.6. The van der Waals surface area contributed by atoms with E-state index in [1.54, 1.807) is 97.0 Å². The highest BCUT2D eigenvalue weighted by molar-refractivity contribution is 7.98. The number of ether oxygens (including phenoxy) is 1. The zero-order valence-electron chi connectivity index (χ0n) is 46.4. The van der Waals surface area contributed by atoms with E-state index in [0.717, 1.165) is 16.7 Å². The molecular weight excluding hydrogens is 1040 g/mol. The van der Waals surface area contributed by atoms with Crippen LogP contribution in [0.25, 0.3) is 0 Å². The molecule has 3 rings (SSSR count). The molecule has 7 amide bonds. The summed E-state index contributed by atoms with van der Waals surface area (Å²) in [7, 11) is 0. The standard InChI is InChI=1S/C57H77N7O14S/c1-34(2)28-40(51(73)63-43(33-79-32-37-21-14-11-15-22-37)48(71)54(76)58-31-36-19-12-10-13-20-36)62-55(77)49(56(4,5)6)64-53(75)41(29-38-23-17-16-18-35(38)3)61-50(72)39(24-27-47(70)78-57(7,8)9)60-52(74)42(30-46(68)69)59-44(65)25-26-45(66)67/h10-23,34,39-43,49H,24-33H2,1-9H3,(H,58,76)(H,59,65)(H,60,74)(H,61,72)(H,62,77)(H,63,73)(H,64,75)(H,66,67)(H,68,69)/t39-,40-,41-,42-,43?,49+/m0/s1. The van der Waals surface area contributed by atoms with Crippen LogP contribution >= 0.6 is 11.8 Å². The molecule has 0 aliphatic heterocycles. The molecule has 3 aromatic carbocycles. The Morgan fingerprint density at radius 3 is 1.67 bits per heavy atom. The van der Waals surface area contributed by atoms with Crippen molar-refractivity contribution in [2.24, 2.45) is 11.3 Å². The van der Waals surface area contributed by atoms with Crippen LogP contribution in [0, 0.1) is 18.3 Å². The van der Waals surface area contributed by atoms with Gasteiger partial charge in [0.15, 0.2) is 0 Å². The molecular formula is C57H77N7O14S. The van der Waals surface area contributed by atoms with E-state index in [0.29, 0.717) is 11.3 Å². The van der Waals surface area contributed by atoms with Crippen molar-refractivity contribution in [3.05, 3.63) is 107 Å². The Kier molecular flexibility index (Phi) is 26.3. The van der Waals surface area contributed by atoms with Crippen molar-refractivity contribution < 1.29 is 67.7 Å². The van der Waals surface area contributed by atoms with Crippen molar-refractivity contribution in [3.8, 4) is 0 Å². The zero-order valence-corrected chi connectivity index (χ0v) is 47.2. The Hall–Kier alpha value is -7.62. The number of nitrogens with one attached hydrogen (secondary N) is 7. The Labute approximate surface area is 465 Å². The first-order chi connectivity index (χ1) is 37.0. The number of ketones is 1. The van der Waals surface area contributed by atoms with Crippen LogP contribution in [-0.2, 0) is 76.2 Å². The summed E-state index contributed by atoms with van der Waals surface area (Å²) in [5.74, 6) is -10.8. The fourth-order valence-corrected chi connectivity index (χ4v) is 8.85. The lowest BCUT2D eigenvalue weighted by molar-refractivity contribution is -0.155. The molecule has 0 aromatic heterocycles. The highest BCUT2D eigenvalue weighted by Crippen LogP contribution is 2.22. The number of esters is 1. The molecule has 1 unspecified atom stereocenters. The second-order valence-corrected chi connectivity index (χ2v) is 22.6. The summed E-state index contributed by atoms with van der Waals surface area (Å²) in [6, 6.07) is 16.3. The summed E-state index contributed by atoms with van der Waals surface area (Å²) in [4.78, 5) is 148. The fourth-order valence-electron chi connectivity index (χ4n) is 7.83. The van der Waals surface area contributed by atoms with Crippen LogP contribution in [0.5, 0.6) is 0 Å². The van der Waals surface area contributed by atoms with Gasteiger partial charge < -0.3 is 52.2 Å². The van der Waals surface area contributed by atoms with Gasteiger partial charge in [-0.15, -0.1) is 0 Å². The van der Waals surface area contributed by atoms with Crippen molar-refractivity contribution in [3.63, 3.8) is 0 Å². The number of carboxylic acid groups (broad SMARTS) is 2. The number of hydrogen-bond acceptors (Lipinski definition) is 13. The van der Waals surface area contributed by atoms with Gasteiger partial charge in [0.1, 0.15) is 41.9 Å². The number of carbonyl (C=O) groups excluding carboxylic acids is 9. The Bertz CT molecular complexity index is 2600. The Balaban J connectivity index is 1.98. The van der Waals surface area contributed by atoms with E-state index in [2.05, 4.69) is 37.2 Å². The minimum absolute atomic E-state index is 0.00879. The number of carbonyl (C=O) groups is 11.